The van der Waals surface area contributed by atoms with Crippen molar-refractivity contribution in [1.29, 1.82) is 0 Å². The fraction of sp³-hybridized carbons (Fsp3) is 0.273. The molecule has 0 saturated carbocycles. The van der Waals surface area contributed by atoms with Crippen molar-refractivity contribution in [2.75, 3.05) is 5.32 Å². The van der Waals surface area contributed by atoms with Crippen LogP contribution in [0.2, 0.25) is 0 Å². The highest BCUT2D eigenvalue weighted by molar-refractivity contribution is 6.11. The molecule has 0 bridgehead atoms. The summed E-state index contributed by atoms with van der Waals surface area (Å²) in [6.45, 7) is 3.75. The van der Waals surface area contributed by atoms with Crippen LogP contribution >= 0.6 is 0 Å². The van der Waals surface area contributed by atoms with Crippen LogP contribution in [0, 0.1) is 11.6 Å². The van der Waals surface area contributed by atoms with Gasteiger partial charge in [-0.05, 0) is 80.6 Å². The molecule has 43 heavy (non-hydrogen) atoms. The number of carbonyl (C=O) groups excluding carboxylic acids is 2. The minimum atomic E-state index is -1.43. The van der Waals surface area contributed by atoms with Gasteiger partial charge in [-0.15, -0.1) is 0 Å². The van der Waals surface area contributed by atoms with Crippen molar-refractivity contribution in [3.63, 3.8) is 0 Å². The second-order valence-corrected chi connectivity index (χ2v) is 10.7. The molecule has 4 N–H and O–H groups in total. The number of carboxylic acid groups (broad SMARTS) is 1. The summed E-state index contributed by atoms with van der Waals surface area (Å²) in [5, 5.41) is 44.4. The average Bonchev–Trinajstić information content (AvgIpc) is 3.28. The molecule has 0 unspecified atom stereocenters. The fourth-order valence-electron chi connectivity index (χ4n) is 5.29. The Morgan fingerprint density at radius 3 is 2.00 bits per heavy atom. The Morgan fingerprint density at radius 2 is 1.47 bits per heavy atom. The van der Waals surface area contributed by atoms with Crippen LogP contribution in [0.15, 0.2) is 72.8 Å². The first-order chi connectivity index (χ1) is 20.4. The Hall–Kier alpha value is -4.54. The third-order valence-electron chi connectivity index (χ3n) is 7.07. The monoisotopic (exact) mass is 591 g/mol. The third kappa shape index (κ3) is 7.65. The van der Waals surface area contributed by atoms with Crippen molar-refractivity contribution in [2.45, 2.75) is 57.8 Å². The topological polar surface area (TPSA) is 135 Å². The minimum absolute atomic E-state index is 0.0432. The zero-order valence-corrected chi connectivity index (χ0v) is 23.8. The number of aromatic nitrogens is 1. The van der Waals surface area contributed by atoms with Gasteiger partial charge in [0.05, 0.1) is 12.2 Å². The van der Waals surface area contributed by atoms with Crippen LogP contribution in [0.5, 0.6) is 5.75 Å². The van der Waals surface area contributed by atoms with Crippen LogP contribution in [0.1, 0.15) is 55.3 Å². The van der Waals surface area contributed by atoms with E-state index >= 15 is 0 Å². The Bertz CT molecular complexity index is 1580. The summed E-state index contributed by atoms with van der Waals surface area (Å²) in [7, 11) is 0. The summed E-state index contributed by atoms with van der Waals surface area (Å²) in [5.74, 6) is -2.93. The van der Waals surface area contributed by atoms with E-state index < -0.39 is 42.1 Å². The van der Waals surface area contributed by atoms with E-state index in [4.69, 9.17) is 0 Å². The molecule has 4 rings (SSSR count). The van der Waals surface area contributed by atoms with Gasteiger partial charge in [-0.3, -0.25) is 4.79 Å². The number of hydrogen-bond donors (Lipinski definition) is 4. The number of aliphatic hydroxyl groups is 2. The average molecular weight is 592 g/mol. The number of phenols is 1. The van der Waals surface area contributed by atoms with E-state index in [0.717, 1.165) is 0 Å². The van der Waals surface area contributed by atoms with Crippen LogP contribution in [0.3, 0.4) is 0 Å². The lowest BCUT2D eigenvalue weighted by Gasteiger charge is -2.20. The molecule has 226 valence electrons. The van der Waals surface area contributed by atoms with Gasteiger partial charge in [0.1, 0.15) is 23.1 Å². The van der Waals surface area contributed by atoms with E-state index in [1.54, 1.807) is 41.0 Å². The second-order valence-electron chi connectivity index (χ2n) is 10.7. The number of carboxylic acids is 1. The predicted molar refractivity (Wildman–Crippen MR) is 156 cm³/mol. The molecule has 3 aromatic carbocycles. The van der Waals surface area contributed by atoms with E-state index in [-0.39, 0.29) is 36.7 Å². The highest BCUT2D eigenvalue weighted by Crippen LogP contribution is 2.43. The molecule has 10 heteroatoms. The standard InChI is InChI=1S/C33H34F2N2O6/c1-19(2)37-28(15-14-26(39)17-27(40)18-29(41)42)30(20-6-10-22(34)11-7-20)31(21-8-12-23(35)13-9-21)32(37)33(43)36-24-4-3-5-25(38)16-24/h3-13,16,19,26-27,38-40H,14-15,17-18H2,1-2H3,(H,36,43)(H,41,42)/p-1/t26-,27-/m1/s1. The van der Waals surface area contributed by atoms with Crippen molar-refractivity contribution in [3.8, 4) is 28.0 Å². The molecule has 0 fully saturated rings. The largest absolute Gasteiger partial charge is 0.550 e. The number of nitrogens with one attached hydrogen (secondary N) is 1. The maximum atomic E-state index is 14.1. The van der Waals surface area contributed by atoms with Gasteiger partial charge in [0.25, 0.3) is 5.91 Å². The van der Waals surface area contributed by atoms with Gasteiger partial charge in [-0.1, -0.05) is 30.3 Å². The predicted octanol–water partition coefficient (Wildman–Crippen LogP) is 4.82. The Kier molecular flexibility index (Phi) is 9.95. The molecular formula is C33H33F2N2O6-. The minimum Gasteiger partial charge on any atom is -0.550 e. The van der Waals surface area contributed by atoms with Gasteiger partial charge in [0, 0.05) is 47.0 Å². The maximum Gasteiger partial charge on any atom is 0.272 e. The first kappa shape index (κ1) is 31.4. The van der Waals surface area contributed by atoms with Crippen LogP contribution in [0.25, 0.3) is 22.3 Å². The first-order valence-corrected chi connectivity index (χ1v) is 13.9. The van der Waals surface area contributed by atoms with Gasteiger partial charge < -0.3 is 35.1 Å². The SMILES string of the molecule is CC(C)n1c(CC[C@@H](O)C[C@@H](O)CC(=O)[O-])c(-c2ccc(F)cc2)c(-c2ccc(F)cc2)c1C(=O)Nc1cccc(O)c1. The number of halogens is 2. The number of anilines is 1. The highest BCUT2D eigenvalue weighted by atomic mass is 19.1. The third-order valence-corrected chi connectivity index (χ3v) is 7.07. The van der Waals surface area contributed by atoms with Crippen molar-refractivity contribution in [3.05, 3.63) is 95.8 Å². The number of benzene rings is 3. The zero-order chi connectivity index (χ0) is 31.3. The second kappa shape index (κ2) is 13.6. The molecule has 4 aromatic rings. The van der Waals surface area contributed by atoms with Gasteiger partial charge in [-0.25, -0.2) is 8.78 Å². The first-order valence-electron chi connectivity index (χ1n) is 13.9. The number of aromatic hydroxyl groups is 1. The number of phenolic OH excluding ortho intramolecular Hbond substituents is 1. The van der Waals surface area contributed by atoms with Crippen LogP contribution in [-0.4, -0.2) is 44.0 Å². The molecule has 2 atom stereocenters. The van der Waals surface area contributed by atoms with Gasteiger partial charge in [0.15, 0.2) is 0 Å². The van der Waals surface area contributed by atoms with Crippen LogP contribution in [0.4, 0.5) is 14.5 Å². The van der Waals surface area contributed by atoms with Gasteiger partial charge >= 0.3 is 0 Å². The van der Waals surface area contributed by atoms with E-state index in [1.807, 2.05) is 13.8 Å². The van der Waals surface area contributed by atoms with Crippen molar-refractivity contribution < 1.29 is 38.8 Å². The molecule has 0 aliphatic carbocycles. The quantitative estimate of drug-likeness (QED) is 0.187. The Labute approximate surface area is 247 Å². The molecule has 0 saturated heterocycles. The van der Waals surface area contributed by atoms with E-state index in [1.165, 1.54) is 36.4 Å². The molecule has 1 amide bonds. The summed E-state index contributed by atoms with van der Waals surface area (Å²) >= 11 is 0. The van der Waals surface area contributed by atoms with Crippen LogP contribution < -0.4 is 10.4 Å². The summed E-state index contributed by atoms with van der Waals surface area (Å²) < 4.78 is 29.8. The lowest BCUT2D eigenvalue weighted by Crippen LogP contribution is -2.29. The van der Waals surface area contributed by atoms with E-state index in [2.05, 4.69) is 5.32 Å². The molecule has 1 aromatic heterocycles. The molecule has 0 aliphatic heterocycles. The fourth-order valence-corrected chi connectivity index (χ4v) is 5.29. The zero-order valence-electron chi connectivity index (χ0n) is 23.8. The summed E-state index contributed by atoms with van der Waals surface area (Å²) in [5.41, 5.74) is 3.32. The summed E-state index contributed by atoms with van der Waals surface area (Å²) in [4.78, 5) is 24.9. The molecular weight excluding hydrogens is 558 g/mol. The molecule has 8 nitrogen and oxygen atoms in total. The van der Waals surface area contributed by atoms with Crippen molar-refractivity contribution >= 4 is 17.6 Å². The smallest absolute Gasteiger partial charge is 0.272 e. The van der Waals surface area contributed by atoms with Gasteiger partial charge in [0.2, 0.25) is 0 Å². The molecule has 0 aliphatic rings. The number of hydrogen-bond acceptors (Lipinski definition) is 6. The maximum absolute atomic E-state index is 14.1. The molecule has 0 spiro atoms. The van der Waals surface area contributed by atoms with E-state index in [0.29, 0.717) is 33.6 Å². The van der Waals surface area contributed by atoms with Gasteiger partial charge in [-0.2, -0.15) is 0 Å². The molecule has 1 heterocycles. The number of amides is 1. The number of aliphatic carboxylic acids is 1. The Morgan fingerprint density at radius 1 is 0.884 bits per heavy atom. The number of nitrogens with zero attached hydrogens (tertiary/aromatic N) is 1. The molecule has 0 radical (unpaired) electrons. The van der Waals surface area contributed by atoms with Crippen molar-refractivity contribution in [1.82, 2.24) is 4.57 Å². The summed E-state index contributed by atoms with van der Waals surface area (Å²) in [6.07, 6.45) is -2.90. The highest BCUT2D eigenvalue weighted by Gasteiger charge is 2.30. The number of aliphatic hydroxyl groups excluding tert-OH is 2. The van der Waals surface area contributed by atoms with Crippen LogP contribution in [-0.2, 0) is 11.2 Å². The summed E-state index contributed by atoms with van der Waals surface area (Å²) in [6, 6.07) is 17.1. The number of rotatable bonds is 12. The lowest BCUT2D eigenvalue weighted by atomic mass is 9.92. The van der Waals surface area contributed by atoms with E-state index in [9.17, 15) is 38.8 Å². The number of carbonyl (C=O) groups is 2. The lowest BCUT2D eigenvalue weighted by molar-refractivity contribution is -0.307. The van der Waals surface area contributed by atoms with Crippen molar-refractivity contribution in [2.24, 2.45) is 0 Å². The Balaban J connectivity index is 1.92. The normalized spacial score (nSPS) is 12.7.